The number of benzene rings is 2. The van der Waals surface area contributed by atoms with Crippen molar-refractivity contribution in [3.8, 4) is 5.75 Å². The topological polar surface area (TPSA) is 83.6 Å². The van der Waals surface area contributed by atoms with Crippen molar-refractivity contribution in [3.63, 3.8) is 0 Å². The normalized spacial score (nSPS) is 15.1. The van der Waals surface area contributed by atoms with Gasteiger partial charge in [0, 0.05) is 18.8 Å². The van der Waals surface area contributed by atoms with Crippen molar-refractivity contribution in [2.45, 2.75) is 24.9 Å². The molecule has 21 heavy (non-hydrogen) atoms. The largest absolute Gasteiger partial charge is 0.507 e. The fourth-order valence-corrected chi connectivity index (χ4v) is 4.02. The fraction of sp³-hybridized carbons (Fsp3) is 0.200. The average Bonchev–Trinajstić information content (AvgIpc) is 2.84. The number of sulfonamides is 1. The average molecular weight is 304 g/mol. The van der Waals surface area contributed by atoms with E-state index in [1.165, 1.54) is 16.4 Å². The molecule has 2 aromatic carbocycles. The Bertz CT molecular complexity index is 816. The number of anilines is 1. The van der Waals surface area contributed by atoms with Crippen molar-refractivity contribution in [3.05, 3.63) is 53.1 Å². The molecule has 0 aliphatic carbocycles. The molecule has 2 aromatic rings. The lowest BCUT2D eigenvalue weighted by atomic mass is 10.1. The molecular weight excluding hydrogens is 288 g/mol. The molecule has 110 valence electrons. The van der Waals surface area contributed by atoms with E-state index in [4.69, 9.17) is 5.73 Å². The van der Waals surface area contributed by atoms with E-state index in [2.05, 4.69) is 0 Å². The van der Waals surface area contributed by atoms with Gasteiger partial charge >= 0.3 is 0 Å². The maximum Gasteiger partial charge on any atom is 0.247 e. The first kappa shape index (κ1) is 13.9. The van der Waals surface area contributed by atoms with Crippen LogP contribution in [0.3, 0.4) is 0 Å². The number of aryl methyl sites for hydroxylation is 1. The summed E-state index contributed by atoms with van der Waals surface area (Å²) in [4.78, 5) is -0.0699. The molecule has 1 aliphatic heterocycles. The number of hydrogen-bond donors (Lipinski definition) is 2. The van der Waals surface area contributed by atoms with Gasteiger partial charge in [0.1, 0.15) is 10.6 Å². The minimum Gasteiger partial charge on any atom is -0.507 e. The number of fused-ring (bicyclic) bond motifs is 1. The Morgan fingerprint density at radius 3 is 2.62 bits per heavy atom. The molecule has 0 unspecified atom stereocenters. The highest BCUT2D eigenvalue weighted by atomic mass is 32.2. The predicted molar refractivity (Wildman–Crippen MR) is 80.1 cm³/mol. The number of nitrogens with zero attached hydrogens (tertiary/aromatic N) is 1. The first-order valence-corrected chi connectivity index (χ1v) is 7.99. The molecule has 5 nitrogen and oxygen atoms in total. The second-order valence-electron chi connectivity index (χ2n) is 5.23. The first-order valence-electron chi connectivity index (χ1n) is 6.55. The van der Waals surface area contributed by atoms with Gasteiger partial charge in [0.25, 0.3) is 0 Å². The van der Waals surface area contributed by atoms with Gasteiger partial charge in [-0.25, -0.2) is 8.42 Å². The lowest BCUT2D eigenvalue weighted by molar-refractivity contribution is 0.419. The molecule has 0 bridgehead atoms. The van der Waals surface area contributed by atoms with Gasteiger partial charge in [0.2, 0.25) is 10.0 Å². The van der Waals surface area contributed by atoms with E-state index < -0.39 is 10.0 Å². The molecule has 0 saturated carbocycles. The van der Waals surface area contributed by atoms with E-state index in [1.807, 2.05) is 12.1 Å². The lowest BCUT2D eigenvalue weighted by Gasteiger charge is -2.16. The van der Waals surface area contributed by atoms with Gasteiger partial charge in [-0.3, -0.25) is 0 Å². The zero-order chi connectivity index (χ0) is 15.2. The Kier molecular flexibility index (Phi) is 3.15. The van der Waals surface area contributed by atoms with Crippen LogP contribution in [0.4, 0.5) is 5.69 Å². The minimum absolute atomic E-state index is 0.0699. The Hall–Kier alpha value is -2.05. The molecule has 0 atom stereocenters. The molecule has 3 rings (SSSR count). The Morgan fingerprint density at radius 2 is 1.95 bits per heavy atom. The third-order valence-electron chi connectivity index (χ3n) is 3.72. The van der Waals surface area contributed by atoms with Crippen LogP contribution >= 0.6 is 0 Å². The van der Waals surface area contributed by atoms with Crippen LogP contribution in [0.25, 0.3) is 0 Å². The van der Waals surface area contributed by atoms with Crippen LogP contribution in [0, 0.1) is 6.92 Å². The van der Waals surface area contributed by atoms with Crippen molar-refractivity contribution in [2.75, 3.05) is 5.73 Å². The molecule has 6 heteroatoms. The number of hydrogen-bond acceptors (Lipinski definition) is 4. The summed E-state index contributed by atoms with van der Waals surface area (Å²) in [6.45, 7) is 2.30. The predicted octanol–water partition coefficient (Wildman–Crippen LogP) is 1.99. The zero-order valence-electron chi connectivity index (χ0n) is 11.6. The molecule has 1 aliphatic rings. The van der Waals surface area contributed by atoms with Crippen molar-refractivity contribution in [2.24, 2.45) is 0 Å². The molecule has 0 saturated heterocycles. The molecule has 0 aromatic heterocycles. The van der Waals surface area contributed by atoms with Crippen LogP contribution in [0.15, 0.2) is 41.3 Å². The molecule has 1 heterocycles. The molecule has 0 spiro atoms. The van der Waals surface area contributed by atoms with Gasteiger partial charge in [0.05, 0.1) is 0 Å². The Labute approximate surface area is 123 Å². The van der Waals surface area contributed by atoms with Gasteiger partial charge in [-0.1, -0.05) is 18.2 Å². The van der Waals surface area contributed by atoms with E-state index >= 15 is 0 Å². The van der Waals surface area contributed by atoms with Crippen LogP contribution in [0.1, 0.15) is 16.7 Å². The highest BCUT2D eigenvalue weighted by Crippen LogP contribution is 2.34. The number of phenolic OH excluding ortho intramolecular Hbond substituents is 1. The standard InChI is InChI=1S/C15H16N2O3S/c1-10-5-6-15(14(18)7-10)21(19,20)17-8-11-3-2-4-13(16)12(11)9-17/h2-7,18H,8-9,16H2,1H3. The second kappa shape index (κ2) is 4.75. The number of nitrogen functional groups attached to an aromatic ring is 1. The van der Waals surface area contributed by atoms with Crippen molar-refractivity contribution < 1.29 is 13.5 Å². The summed E-state index contributed by atoms with van der Waals surface area (Å²) in [5, 5.41) is 9.93. The van der Waals surface area contributed by atoms with Crippen molar-refractivity contribution in [1.29, 1.82) is 0 Å². The SMILES string of the molecule is Cc1ccc(S(=O)(=O)N2Cc3cccc(N)c3C2)c(O)c1. The zero-order valence-corrected chi connectivity index (χ0v) is 12.4. The molecule has 0 amide bonds. The third kappa shape index (κ3) is 2.26. The monoisotopic (exact) mass is 304 g/mol. The van der Waals surface area contributed by atoms with E-state index in [1.54, 1.807) is 19.1 Å². The number of nitrogens with two attached hydrogens (primary N) is 1. The molecule has 3 N–H and O–H groups in total. The van der Waals surface area contributed by atoms with Crippen molar-refractivity contribution in [1.82, 2.24) is 4.31 Å². The van der Waals surface area contributed by atoms with Gasteiger partial charge in [-0.15, -0.1) is 0 Å². The molecule has 0 fully saturated rings. The van der Waals surface area contributed by atoms with Gasteiger partial charge in [-0.05, 0) is 41.8 Å². The van der Waals surface area contributed by atoms with Gasteiger partial charge in [0.15, 0.2) is 0 Å². The Morgan fingerprint density at radius 1 is 1.19 bits per heavy atom. The number of aromatic hydroxyl groups is 1. The number of rotatable bonds is 2. The summed E-state index contributed by atoms with van der Waals surface area (Å²) in [5.41, 5.74) is 9.04. The third-order valence-corrected chi connectivity index (χ3v) is 5.56. The van der Waals surface area contributed by atoms with E-state index in [9.17, 15) is 13.5 Å². The summed E-state index contributed by atoms with van der Waals surface area (Å²) >= 11 is 0. The summed E-state index contributed by atoms with van der Waals surface area (Å²) in [7, 11) is -3.74. The smallest absolute Gasteiger partial charge is 0.247 e. The maximum atomic E-state index is 12.7. The van der Waals surface area contributed by atoms with Crippen LogP contribution in [0.5, 0.6) is 5.75 Å². The highest BCUT2D eigenvalue weighted by Gasteiger charge is 2.33. The lowest BCUT2D eigenvalue weighted by Crippen LogP contribution is -2.25. The first-order chi connectivity index (χ1) is 9.89. The van der Waals surface area contributed by atoms with Gasteiger partial charge in [-0.2, -0.15) is 4.31 Å². The van der Waals surface area contributed by atoms with E-state index in [0.717, 1.165) is 16.7 Å². The van der Waals surface area contributed by atoms with Crippen LogP contribution in [-0.2, 0) is 23.1 Å². The molecular formula is C15H16N2O3S. The van der Waals surface area contributed by atoms with Crippen LogP contribution < -0.4 is 5.73 Å². The van der Waals surface area contributed by atoms with Crippen molar-refractivity contribution >= 4 is 15.7 Å². The summed E-state index contributed by atoms with van der Waals surface area (Å²) < 4.78 is 26.7. The van der Waals surface area contributed by atoms with E-state index in [-0.39, 0.29) is 23.7 Å². The highest BCUT2D eigenvalue weighted by molar-refractivity contribution is 7.89. The quantitative estimate of drug-likeness (QED) is 0.831. The summed E-state index contributed by atoms with van der Waals surface area (Å²) in [6, 6.07) is 10.0. The molecule has 0 radical (unpaired) electrons. The summed E-state index contributed by atoms with van der Waals surface area (Å²) in [5.74, 6) is -0.223. The number of phenols is 1. The van der Waals surface area contributed by atoms with E-state index in [0.29, 0.717) is 5.69 Å². The fourth-order valence-electron chi connectivity index (χ4n) is 2.57. The second-order valence-corrected chi connectivity index (χ2v) is 7.14. The summed E-state index contributed by atoms with van der Waals surface area (Å²) in [6.07, 6.45) is 0. The minimum atomic E-state index is -3.74. The van der Waals surface area contributed by atoms with Crippen LogP contribution in [-0.4, -0.2) is 17.8 Å². The maximum absolute atomic E-state index is 12.7. The van der Waals surface area contributed by atoms with Gasteiger partial charge < -0.3 is 10.8 Å². The Balaban J connectivity index is 2.00. The van der Waals surface area contributed by atoms with Crippen LogP contribution in [0.2, 0.25) is 0 Å².